The molecular formula is C19H19Cl3N2O5S. The van der Waals surface area contributed by atoms with Crippen LogP contribution in [0.5, 0.6) is 0 Å². The van der Waals surface area contributed by atoms with Gasteiger partial charge in [-0.2, -0.15) is 0 Å². The van der Waals surface area contributed by atoms with Crippen LogP contribution in [0.25, 0.3) is 0 Å². The average Bonchev–Trinajstić information content (AvgIpc) is 2.65. The van der Waals surface area contributed by atoms with Crippen LogP contribution in [-0.4, -0.2) is 39.2 Å². The van der Waals surface area contributed by atoms with Gasteiger partial charge in [0.25, 0.3) is 0 Å². The molecule has 2 aromatic rings. The molecule has 0 saturated carbocycles. The van der Waals surface area contributed by atoms with Gasteiger partial charge in [0.2, 0.25) is 15.9 Å². The van der Waals surface area contributed by atoms with Gasteiger partial charge >= 0.3 is 5.97 Å². The predicted molar refractivity (Wildman–Crippen MR) is 119 cm³/mol. The first-order valence-electron chi connectivity index (χ1n) is 8.67. The van der Waals surface area contributed by atoms with Crippen LogP contribution >= 0.6 is 34.8 Å². The number of nitrogens with one attached hydrogen (secondary N) is 1. The van der Waals surface area contributed by atoms with Gasteiger partial charge < -0.3 is 10.1 Å². The van der Waals surface area contributed by atoms with Crippen molar-refractivity contribution in [3.8, 4) is 0 Å². The summed E-state index contributed by atoms with van der Waals surface area (Å²) < 4.78 is 30.6. The van der Waals surface area contributed by atoms with Gasteiger partial charge in [0.05, 0.1) is 34.2 Å². The van der Waals surface area contributed by atoms with Crippen molar-refractivity contribution < 1.29 is 22.7 Å². The van der Waals surface area contributed by atoms with Crippen LogP contribution in [0, 0.1) is 0 Å². The van der Waals surface area contributed by atoms with Crippen LogP contribution in [0.4, 0.5) is 11.4 Å². The molecule has 0 aliphatic heterocycles. The highest BCUT2D eigenvalue weighted by atomic mass is 35.5. The Kier molecular flexibility index (Phi) is 7.99. The topological polar surface area (TPSA) is 92.8 Å². The minimum absolute atomic E-state index is 0.0673. The second-order valence-electron chi connectivity index (χ2n) is 6.23. The molecule has 30 heavy (non-hydrogen) atoms. The maximum Gasteiger partial charge on any atom is 0.339 e. The number of sulfonamides is 1. The van der Waals surface area contributed by atoms with E-state index in [2.05, 4.69) is 5.32 Å². The fourth-order valence-electron chi connectivity index (χ4n) is 2.65. The molecule has 2 aromatic carbocycles. The molecule has 0 radical (unpaired) electrons. The van der Waals surface area contributed by atoms with E-state index < -0.39 is 27.9 Å². The zero-order chi connectivity index (χ0) is 22.6. The van der Waals surface area contributed by atoms with Crippen molar-refractivity contribution in [1.29, 1.82) is 0 Å². The molecular weight excluding hydrogens is 475 g/mol. The molecule has 0 aromatic heterocycles. The largest absolute Gasteiger partial charge is 0.462 e. The Labute approximate surface area is 189 Å². The molecule has 2 rings (SSSR count). The third-order valence-corrected chi connectivity index (χ3v) is 6.08. The maximum atomic E-state index is 12.8. The number of carbonyl (C=O) groups is 2. The number of hydrogen-bond donors (Lipinski definition) is 1. The van der Waals surface area contributed by atoms with E-state index >= 15 is 0 Å². The smallest absolute Gasteiger partial charge is 0.339 e. The Hall–Kier alpha value is -2.00. The van der Waals surface area contributed by atoms with Gasteiger partial charge in [-0.1, -0.05) is 34.8 Å². The summed E-state index contributed by atoms with van der Waals surface area (Å²) in [6.07, 6.45) is 0.954. The second-order valence-corrected chi connectivity index (χ2v) is 9.35. The zero-order valence-electron chi connectivity index (χ0n) is 16.3. The lowest BCUT2D eigenvalue weighted by atomic mass is 10.2. The van der Waals surface area contributed by atoms with E-state index in [-0.39, 0.29) is 38.6 Å². The van der Waals surface area contributed by atoms with E-state index in [0.29, 0.717) is 0 Å². The molecule has 162 valence electrons. The molecule has 1 amide bonds. The fourth-order valence-corrected chi connectivity index (χ4v) is 4.45. The first-order chi connectivity index (χ1) is 14.0. The third kappa shape index (κ3) is 5.78. The normalized spacial score (nSPS) is 12.2. The van der Waals surface area contributed by atoms with Crippen molar-refractivity contribution in [2.24, 2.45) is 0 Å². The molecule has 1 N–H and O–H groups in total. The molecule has 7 nitrogen and oxygen atoms in total. The monoisotopic (exact) mass is 492 g/mol. The summed E-state index contributed by atoms with van der Waals surface area (Å²) in [5.74, 6) is -1.30. The van der Waals surface area contributed by atoms with Crippen LogP contribution in [-0.2, 0) is 19.6 Å². The SMILES string of the molecule is CCOC(=O)c1cc(NC(=O)[C@@H](C)N(c2cc(Cl)ccc2Cl)S(C)(=O)=O)ccc1Cl. The van der Waals surface area contributed by atoms with Gasteiger partial charge in [-0.15, -0.1) is 0 Å². The summed E-state index contributed by atoms with van der Waals surface area (Å²) in [4.78, 5) is 24.8. The third-order valence-electron chi connectivity index (χ3n) is 3.96. The molecule has 0 heterocycles. The van der Waals surface area contributed by atoms with Gasteiger partial charge in [-0.3, -0.25) is 9.10 Å². The van der Waals surface area contributed by atoms with Gasteiger partial charge in [-0.25, -0.2) is 13.2 Å². The Balaban J connectivity index is 2.36. The number of rotatable bonds is 7. The number of carbonyl (C=O) groups excluding carboxylic acids is 2. The number of amides is 1. The number of benzene rings is 2. The summed E-state index contributed by atoms with van der Waals surface area (Å²) in [7, 11) is -3.90. The molecule has 0 aliphatic rings. The number of esters is 1. The average molecular weight is 494 g/mol. The first kappa shape index (κ1) is 24.3. The van der Waals surface area contributed by atoms with Crippen molar-refractivity contribution in [2.45, 2.75) is 19.9 Å². The summed E-state index contributed by atoms with van der Waals surface area (Å²) >= 11 is 18.1. The second kappa shape index (κ2) is 9.87. The molecule has 0 bridgehead atoms. The highest BCUT2D eigenvalue weighted by Crippen LogP contribution is 2.32. The molecule has 0 aliphatic carbocycles. The molecule has 1 atom stereocenters. The highest BCUT2D eigenvalue weighted by Gasteiger charge is 2.31. The Morgan fingerprint density at radius 1 is 1.10 bits per heavy atom. The van der Waals surface area contributed by atoms with E-state index in [9.17, 15) is 18.0 Å². The van der Waals surface area contributed by atoms with Gasteiger partial charge in [0.1, 0.15) is 6.04 Å². The van der Waals surface area contributed by atoms with Crippen molar-refractivity contribution >= 4 is 68.1 Å². The quantitative estimate of drug-likeness (QED) is 0.568. The van der Waals surface area contributed by atoms with E-state index in [0.717, 1.165) is 10.6 Å². The van der Waals surface area contributed by atoms with E-state index in [1.165, 1.54) is 43.3 Å². The Bertz CT molecular complexity index is 1080. The zero-order valence-corrected chi connectivity index (χ0v) is 19.4. The lowest BCUT2D eigenvalue weighted by molar-refractivity contribution is -0.116. The highest BCUT2D eigenvalue weighted by molar-refractivity contribution is 7.92. The van der Waals surface area contributed by atoms with Crippen molar-refractivity contribution in [2.75, 3.05) is 22.5 Å². The molecule has 0 unspecified atom stereocenters. The van der Waals surface area contributed by atoms with Crippen LogP contribution < -0.4 is 9.62 Å². The number of hydrogen-bond acceptors (Lipinski definition) is 5. The Morgan fingerprint density at radius 3 is 2.33 bits per heavy atom. The molecule has 0 saturated heterocycles. The van der Waals surface area contributed by atoms with Crippen LogP contribution in [0.15, 0.2) is 36.4 Å². The van der Waals surface area contributed by atoms with Crippen molar-refractivity contribution in [3.05, 3.63) is 57.0 Å². The fraction of sp³-hybridized carbons (Fsp3) is 0.263. The summed E-state index contributed by atoms with van der Waals surface area (Å²) in [5, 5.41) is 3.10. The van der Waals surface area contributed by atoms with Crippen molar-refractivity contribution in [3.63, 3.8) is 0 Å². The molecule has 0 spiro atoms. The summed E-state index contributed by atoms with van der Waals surface area (Å²) in [5.41, 5.74) is 0.379. The maximum absolute atomic E-state index is 12.8. The van der Waals surface area contributed by atoms with Gasteiger partial charge in [0, 0.05) is 10.7 Å². The minimum Gasteiger partial charge on any atom is -0.462 e. The summed E-state index contributed by atoms with van der Waals surface area (Å²) in [6.45, 7) is 3.21. The standard InChI is InChI=1S/C19H19Cl3N2O5S/c1-4-29-19(26)14-10-13(6-8-15(14)21)23-18(25)11(2)24(30(3,27)28)17-9-12(20)5-7-16(17)22/h5-11H,4H2,1-3H3,(H,23,25)/t11-/m1/s1. The number of ether oxygens (including phenoxy) is 1. The van der Waals surface area contributed by atoms with E-state index in [1.807, 2.05) is 0 Å². The number of halogens is 3. The van der Waals surface area contributed by atoms with Gasteiger partial charge in [0.15, 0.2) is 0 Å². The van der Waals surface area contributed by atoms with Crippen LogP contribution in [0.3, 0.4) is 0 Å². The minimum atomic E-state index is -3.90. The molecule has 11 heteroatoms. The number of nitrogens with zero attached hydrogens (tertiary/aromatic N) is 1. The number of anilines is 2. The van der Waals surface area contributed by atoms with E-state index in [4.69, 9.17) is 39.5 Å². The van der Waals surface area contributed by atoms with Crippen molar-refractivity contribution in [1.82, 2.24) is 0 Å². The lowest BCUT2D eigenvalue weighted by Crippen LogP contribution is -2.45. The predicted octanol–water partition coefficient (Wildman–Crippen LogP) is 4.62. The van der Waals surface area contributed by atoms with Gasteiger partial charge in [-0.05, 0) is 50.2 Å². The summed E-state index contributed by atoms with van der Waals surface area (Å²) in [6, 6.07) is 7.37. The van der Waals surface area contributed by atoms with Crippen LogP contribution in [0.1, 0.15) is 24.2 Å². The molecule has 0 fully saturated rings. The van der Waals surface area contributed by atoms with E-state index in [1.54, 1.807) is 6.92 Å². The lowest BCUT2D eigenvalue weighted by Gasteiger charge is -2.29. The first-order valence-corrected chi connectivity index (χ1v) is 11.7. The Morgan fingerprint density at radius 2 is 1.73 bits per heavy atom. The van der Waals surface area contributed by atoms with Crippen LogP contribution in [0.2, 0.25) is 15.1 Å².